The van der Waals surface area contributed by atoms with E-state index in [-0.39, 0.29) is 11.9 Å². The van der Waals surface area contributed by atoms with Gasteiger partial charge in [-0.15, -0.1) is 0 Å². The first-order valence-electron chi connectivity index (χ1n) is 9.10. The van der Waals surface area contributed by atoms with Gasteiger partial charge in [0.05, 0.1) is 13.2 Å². The Labute approximate surface area is 170 Å². The number of methoxy groups -OCH3 is 1. The monoisotopic (exact) mass is 391 g/mol. The van der Waals surface area contributed by atoms with Gasteiger partial charge in [0, 0.05) is 17.3 Å². The molecule has 4 nitrogen and oxygen atoms in total. The predicted molar refractivity (Wildman–Crippen MR) is 113 cm³/mol. The number of amides is 1. The van der Waals surface area contributed by atoms with Gasteiger partial charge >= 0.3 is 0 Å². The molecule has 0 radical (unpaired) electrons. The Morgan fingerprint density at radius 3 is 2.32 bits per heavy atom. The third-order valence-electron chi connectivity index (χ3n) is 4.88. The van der Waals surface area contributed by atoms with Crippen LogP contribution in [0, 0.1) is 0 Å². The van der Waals surface area contributed by atoms with Gasteiger partial charge in [0.2, 0.25) is 5.91 Å². The number of rotatable bonds is 6. The number of ether oxygens (including phenoxy) is 2. The van der Waals surface area contributed by atoms with Crippen molar-refractivity contribution in [3.8, 4) is 11.5 Å². The lowest BCUT2D eigenvalue weighted by molar-refractivity contribution is -0.123. The number of thiol groups is 1. The molecule has 28 heavy (non-hydrogen) atoms. The SMILES string of the molecule is COc1ccc([C@@H]2[C@H](S)C(=O)N2c2ccccc2)c(OCc2ccccc2)c1. The van der Waals surface area contributed by atoms with E-state index in [4.69, 9.17) is 9.47 Å². The van der Waals surface area contributed by atoms with Crippen LogP contribution in [0.4, 0.5) is 5.69 Å². The summed E-state index contributed by atoms with van der Waals surface area (Å²) < 4.78 is 11.5. The molecule has 3 aromatic carbocycles. The van der Waals surface area contributed by atoms with Gasteiger partial charge in [-0.05, 0) is 29.8 Å². The van der Waals surface area contributed by atoms with Crippen molar-refractivity contribution in [1.82, 2.24) is 0 Å². The van der Waals surface area contributed by atoms with Gasteiger partial charge in [-0.3, -0.25) is 4.79 Å². The maximum absolute atomic E-state index is 12.5. The molecule has 1 aliphatic rings. The topological polar surface area (TPSA) is 38.8 Å². The lowest BCUT2D eigenvalue weighted by atomic mass is 9.91. The first-order valence-corrected chi connectivity index (χ1v) is 9.61. The number of carbonyl (C=O) groups excluding carboxylic acids is 1. The van der Waals surface area contributed by atoms with Crippen molar-refractivity contribution >= 4 is 24.2 Å². The number of para-hydroxylation sites is 1. The molecule has 1 fully saturated rings. The van der Waals surface area contributed by atoms with Crippen LogP contribution in [-0.2, 0) is 11.4 Å². The second-order valence-corrected chi connectivity index (χ2v) is 7.17. The fraction of sp³-hybridized carbons (Fsp3) is 0.174. The molecule has 1 heterocycles. The highest BCUT2D eigenvalue weighted by molar-refractivity contribution is 7.82. The highest BCUT2D eigenvalue weighted by Gasteiger charge is 2.48. The van der Waals surface area contributed by atoms with Gasteiger partial charge in [0.1, 0.15) is 23.4 Å². The van der Waals surface area contributed by atoms with Crippen LogP contribution in [0.5, 0.6) is 11.5 Å². The van der Waals surface area contributed by atoms with Crippen molar-refractivity contribution < 1.29 is 14.3 Å². The maximum Gasteiger partial charge on any atom is 0.242 e. The van der Waals surface area contributed by atoms with Crippen LogP contribution in [0.15, 0.2) is 78.9 Å². The van der Waals surface area contributed by atoms with Crippen LogP contribution in [0.1, 0.15) is 17.2 Å². The zero-order valence-electron chi connectivity index (χ0n) is 15.5. The van der Waals surface area contributed by atoms with Crippen molar-refractivity contribution in [2.75, 3.05) is 12.0 Å². The largest absolute Gasteiger partial charge is 0.497 e. The first-order chi connectivity index (χ1) is 13.7. The number of hydrogen-bond donors (Lipinski definition) is 1. The lowest BCUT2D eigenvalue weighted by Gasteiger charge is -2.45. The van der Waals surface area contributed by atoms with Crippen molar-refractivity contribution in [1.29, 1.82) is 0 Å². The lowest BCUT2D eigenvalue weighted by Crippen LogP contribution is -2.56. The van der Waals surface area contributed by atoms with E-state index in [9.17, 15) is 4.79 Å². The Morgan fingerprint density at radius 2 is 1.64 bits per heavy atom. The normalized spacial score (nSPS) is 18.5. The van der Waals surface area contributed by atoms with Gasteiger partial charge in [-0.2, -0.15) is 12.6 Å². The van der Waals surface area contributed by atoms with E-state index in [1.165, 1.54) is 0 Å². The Balaban J connectivity index is 1.67. The molecule has 0 N–H and O–H groups in total. The van der Waals surface area contributed by atoms with Crippen molar-refractivity contribution in [3.05, 3.63) is 90.0 Å². The maximum atomic E-state index is 12.5. The summed E-state index contributed by atoms with van der Waals surface area (Å²) in [6.07, 6.45) is 0. The fourth-order valence-corrected chi connectivity index (χ4v) is 3.82. The predicted octanol–water partition coefficient (Wildman–Crippen LogP) is 4.66. The van der Waals surface area contributed by atoms with E-state index < -0.39 is 5.25 Å². The minimum Gasteiger partial charge on any atom is -0.497 e. The number of β-lactam (4-membered cyclic amide) rings is 1. The summed E-state index contributed by atoms with van der Waals surface area (Å²) in [5.41, 5.74) is 2.84. The smallest absolute Gasteiger partial charge is 0.242 e. The van der Waals surface area contributed by atoms with E-state index in [0.717, 1.165) is 16.8 Å². The standard InChI is InChI=1S/C23H21NO3S/c1-26-18-12-13-19(20(14-18)27-15-16-8-4-2-5-9-16)21-22(28)23(25)24(21)17-10-6-3-7-11-17/h2-14,21-22,28H,15H2,1H3/t21-,22+/m1/s1. The Morgan fingerprint density at radius 1 is 0.964 bits per heavy atom. The molecular formula is C23H21NO3S. The minimum absolute atomic E-state index is 0.00985. The summed E-state index contributed by atoms with van der Waals surface area (Å²) in [4.78, 5) is 14.3. The zero-order chi connectivity index (χ0) is 19.5. The Hall–Kier alpha value is -2.92. The summed E-state index contributed by atoms with van der Waals surface area (Å²) in [6.45, 7) is 0.435. The Kier molecular flexibility index (Phi) is 5.26. The number of hydrogen-bond acceptors (Lipinski definition) is 4. The molecule has 0 bridgehead atoms. The molecule has 1 saturated heterocycles. The molecule has 142 valence electrons. The second-order valence-electron chi connectivity index (χ2n) is 6.61. The summed E-state index contributed by atoms with van der Waals surface area (Å²) in [5, 5.41) is -0.410. The molecule has 1 amide bonds. The van der Waals surface area contributed by atoms with Gasteiger partial charge in [-0.25, -0.2) is 0 Å². The van der Waals surface area contributed by atoms with Crippen LogP contribution >= 0.6 is 12.6 Å². The highest BCUT2D eigenvalue weighted by atomic mass is 32.1. The molecule has 2 atom stereocenters. The van der Waals surface area contributed by atoms with Crippen LogP contribution < -0.4 is 14.4 Å². The van der Waals surface area contributed by atoms with Crippen molar-refractivity contribution in [2.45, 2.75) is 17.9 Å². The van der Waals surface area contributed by atoms with Crippen molar-refractivity contribution in [2.24, 2.45) is 0 Å². The number of nitrogens with zero attached hydrogens (tertiary/aromatic N) is 1. The third kappa shape index (κ3) is 3.45. The van der Waals surface area contributed by atoms with E-state index in [0.29, 0.717) is 18.1 Å². The quantitative estimate of drug-likeness (QED) is 0.491. The molecule has 0 saturated carbocycles. The average Bonchev–Trinajstić information content (AvgIpc) is 2.76. The van der Waals surface area contributed by atoms with Crippen LogP contribution in [0.3, 0.4) is 0 Å². The molecule has 4 rings (SSSR count). The third-order valence-corrected chi connectivity index (χ3v) is 5.38. The van der Waals surface area contributed by atoms with E-state index in [1.807, 2.05) is 78.9 Å². The van der Waals surface area contributed by atoms with Gasteiger partial charge in [-0.1, -0.05) is 48.5 Å². The molecule has 0 aromatic heterocycles. The minimum atomic E-state index is -0.410. The molecular weight excluding hydrogens is 370 g/mol. The molecule has 0 aliphatic carbocycles. The highest BCUT2D eigenvalue weighted by Crippen LogP contribution is 2.45. The summed E-state index contributed by atoms with van der Waals surface area (Å²) in [7, 11) is 1.63. The Bertz CT molecular complexity index is 962. The summed E-state index contributed by atoms with van der Waals surface area (Å²) in [6, 6.07) is 25.1. The van der Waals surface area contributed by atoms with E-state index in [2.05, 4.69) is 12.6 Å². The summed E-state index contributed by atoms with van der Waals surface area (Å²) in [5.74, 6) is 1.39. The first kappa shape index (κ1) is 18.4. The second kappa shape index (κ2) is 7.98. The molecule has 3 aromatic rings. The van der Waals surface area contributed by atoms with Crippen LogP contribution in [0.2, 0.25) is 0 Å². The molecule has 0 spiro atoms. The molecule has 0 unspecified atom stereocenters. The zero-order valence-corrected chi connectivity index (χ0v) is 16.4. The van der Waals surface area contributed by atoms with Crippen molar-refractivity contribution in [3.63, 3.8) is 0 Å². The average molecular weight is 391 g/mol. The van der Waals surface area contributed by atoms with Crippen LogP contribution in [0.25, 0.3) is 0 Å². The number of carbonyl (C=O) groups is 1. The van der Waals surface area contributed by atoms with Gasteiger partial charge < -0.3 is 14.4 Å². The molecule has 5 heteroatoms. The van der Waals surface area contributed by atoms with Gasteiger partial charge in [0.25, 0.3) is 0 Å². The van der Waals surface area contributed by atoms with E-state index in [1.54, 1.807) is 12.0 Å². The fourth-order valence-electron chi connectivity index (χ4n) is 3.41. The van der Waals surface area contributed by atoms with Crippen LogP contribution in [-0.4, -0.2) is 18.3 Å². The summed E-state index contributed by atoms with van der Waals surface area (Å²) >= 11 is 4.55. The molecule has 1 aliphatic heterocycles. The number of anilines is 1. The number of benzene rings is 3. The van der Waals surface area contributed by atoms with E-state index >= 15 is 0 Å². The van der Waals surface area contributed by atoms with Gasteiger partial charge in [0.15, 0.2) is 0 Å².